The molecule has 0 aliphatic carbocycles. The van der Waals surface area contributed by atoms with Gasteiger partial charge in [0.05, 0.1) is 4.90 Å². The molecule has 31 heavy (non-hydrogen) atoms. The number of piperidine rings is 1. The van der Waals surface area contributed by atoms with Crippen LogP contribution in [0.5, 0.6) is 0 Å². The molecule has 4 nitrogen and oxygen atoms in total. The summed E-state index contributed by atoms with van der Waals surface area (Å²) >= 11 is 7.62. The number of H-pyrrole nitrogens is 1. The topological polar surface area (TPSA) is 48.1 Å². The van der Waals surface area contributed by atoms with Crippen molar-refractivity contribution in [3.05, 3.63) is 59.2 Å². The van der Waals surface area contributed by atoms with Gasteiger partial charge in [-0.15, -0.1) is 0 Å². The molecule has 2 atom stereocenters. The Morgan fingerprint density at radius 2 is 1.84 bits per heavy atom. The standard InChI is InChI=1S/C25H30ClN3OS/c1-17-7-5-8-18(2)29(17)16-6-15-27-25(30)23-24(21-9-3-4-10-22(21)28-23)31-20-13-11-19(26)12-14-20/h3-4,9-14,17-18,28H,5-8,15-16H2,1-2H3,(H,27,30)/t17-,18-/m1/s1. The van der Waals surface area contributed by atoms with Crippen molar-refractivity contribution in [3.63, 3.8) is 0 Å². The zero-order valence-electron chi connectivity index (χ0n) is 18.2. The van der Waals surface area contributed by atoms with E-state index in [1.165, 1.54) is 19.3 Å². The Balaban J connectivity index is 1.44. The van der Waals surface area contributed by atoms with Gasteiger partial charge in [-0.05, 0) is 63.4 Å². The highest BCUT2D eigenvalue weighted by Crippen LogP contribution is 2.37. The summed E-state index contributed by atoms with van der Waals surface area (Å²) < 4.78 is 0. The molecular weight excluding hydrogens is 426 g/mol. The fourth-order valence-corrected chi connectivity index (χ4v) is 5.64. The Morgan fingerprint density at radius 1 is 1.13 bits per heavy atom. The Morgan fingerprint density at radius 3 is 2.58 bits per heavy atom. The lowest BCUT2D eigenvalue weighted by atomic mass is 9.97. The SMILES string of the molecule is C[C@@H]1CCC[C@@H](C)N1CCCNC(=O)c1[nH]c2ccccc2c1Sc1ccc(Cl)cc1. The van der Waals surface area contributed by atoms with Crippen LogP contribution in [0.15, 0.2) is 58.3 Å². The number of hydrogen-bond acceptors (Lipinski definition) is 3. The number of para-hydroxylation sites is 1. The van der Waals surface area contributed by atoms with Crippen LogP contribution in [0.25, 0.3) is 10.9 Å². The first-order valence-corrected chi connectivity index (χ1v) is 12.3. The molecular formula is C25H30ClN3OS. The Hall–Kier alpha value is -1.95. The first-order valence-electron chi connectivity index (χ1n) is 11.1. The molecule has 164 valence electrons. The summed E-state index contributed by atoms with van der Waals surface area (Å²) in [4.78, 5) is 21.0. The summed E-state index contributed by atoms with van der Waals surface area (Å²) in [5, 5.41) is 4.90. The molecule has 1 aromatic heterocycles. The predicted molar refractivity (Wildman–Crippen MR) is 130 cm³/mol. The summed E-state index contributed by atoms with van der Waals surface area (Å²) in [7, 11) is 0. The Labute approximate surface area is 193 Å². The summed E-state index contributed by atoms with van der Waals surface area (Å²) in [6, 6.07) is 17.0. The second-order valence-corrected chi connectivity index (χ2v) is 9.93. The van der Waals surface area contributed by atoms with E-state index in [1.54, 1.807) is 11.8 Å². The van der Waals surface area contributed by atoms with E-state index >= 15 is 0 Å². The number of likely N-dealkylation sites (tertiary alicyclic amines) is 1. The number of nitrogens with zero attached hydrogens (tertiary/aromatic N) is 1. The molecule has 2 aromatic carbocycles. The van der Waals surface area contributed by atoms with Gasteiger partial charge in [-0.3, -0.25) is 9.69 Å². The zero-order valence-corrected chi connectivity index (χ0v) is 19.7. The van der Waals surface area contributed by atoms with Crippen molar-refractivity contribution in [3.8, 4) is 0 Å². The van der Waals surface area contributed by atoms with Gasteiger partial charge in [-0.2, -0.15) is 0 Å². The van der Waals surface area contributed by atoms with Crippen molar-refractivity contribution in [1.82, 2.24) is 15.2 Å². The highest BCUT2D eigenvalue weighted by atomic mass is 35.5. The van der Waals surface area contributed by atoms with Gasteiger partial charge in [0, 0.05) is 46.0 Å². The molecule has 0 spiro atoms. The molecule has 0 saturated carbocycles. The van der Waals surface area contributed by atoms with Crippen LogP contribution in [0.1, 0.15) is 50.0 Å². The third-order valence-electron chi connectivity index (χ3n) is 6.17. The number of benzene rings is 2. The van der Waals surface area contributed by atoms with E-state index in [1.807, 2.05) is 42.5 Å². The van der Waals surface area contributed by atoms with Crippen molar-refractivity contribution < 1.29 is 4.79 Å². The number of rotatable bonds is 7. The highest BCUT2D eigenvalue weighted by Gasteiger charge is 2.24. The quantitative estimate of drug-likeness (QED) is 0.408. The number of aromatic nitrogens is 1. The molecule has 3 aromatic rings. The minimum absolute atomic E-state index is 0.0487. The lowest BCUT2D eigenvalue weighted by Gasteiger charge is -2.39. The van der Waals surface area contributed by atoms with E-state index in [4.69, 9.17) is 11.6 Å². The molecule has 0 radical (unpaired) electrons. The van der Waals surface area contributed by atoms with Crippen molar-refractivity contribution >= 4 is 40.2 Å². The van der Waals surface area contributed by atoms with Crippen molar-refractivity contribution in [2.24, 2.45) is 0 Å². The van der Waals surface area contributed by atoms with Crippen LogP contribution in [-0.2, 0) is 0 Å². The maximum atomic E-state index is 13.1. The minimum Gasteiger partial charge on any atom is -0.351 e. The number of amides is 1. The van der Waals surface area contributed by atoms with E-state index in [9.17, 15) is 4.79 Å². The van der Waals surface area contributed by atoms with Crippen LogP contribution in [0.2, 0.25) is 5.02 Å². The first kappa shape index (κ1) is 22.3. The molecule has 1 aliphatic heterocycles. The van der Waals surface area contributed by atoms with E-state index in [-0.39, 0.29) is 5.91 Å². The summed E-state index contributed by atoms with van der Waals surface area (Å²) in [6.45, 7) is 6.34. The molecule has 1 aliphatic rings. The van der Waals surface area contributed by atoms with Gasteiger partial charge >= 0.3 is 0 Å². The number of halogens is 1. The summed E-state index contributed by atoms with van der Waals surface area (Å²) in [5.41, 5.74) is 1.60. The van der Waals surface area contributed by atoms with Gasteiger partial charge in [0.1, 0.15) is 5.69 Å². The van der Waals surface area contributed by atoms with E-state index in [0.717, 1.165) is 33.7 Å². The molecule has 6 heteroatoms. The van der Waals surface area contributed by atoms with Crippen LogP contribution < -0.4 is 5.32 Å². The maximum Gasteiger partial charge on any atom is 0.268 e. The molecule has 4 rings (SSSR count). The molecule has 0 bridgehead atoms. The fourth-order valence-electron chi connectivity index (χ4n) is 4.47. The molecule has 2 N–H and O–H groups in total. The lowest BCUT2D eigenvalue weighted by Crippen LogP contribution is -2.44. The fraction of sp³-hybridized carbons (Fsp3) is 0.400. The zero-order chi connectivity index (χ0) is 21.8. The normalized spacial score (nSPS) is 19.6. The van der Waals surface area contributed by atoms with E-state index in [0.29, 0.717) is 29.3 Å². The molecule has 1 fully saturated rings. The van der Waals surface area contributed by atoms with Crippen molar-refractivity contribution in [2.75, 3.05) is 13.1 Å². The van der Waals surface area contributed by atoms with Crippen molar-refractivity contribution in [1.29, 1.82) is 0 Å². The third-order valence-corrected chi connectivity index (χ3v) is 7.56. The smallest absolute Gasteiger partial charge is 0.268 e. The maximum absolute atomic E-state index is 13.1. The van der Waals surface area contributed by atoms with Crippen LogP contribution in [0.3, 0.4) is 0 Å². The second-order valence-electron chi connectivity index (χ2n) is 8.41. The number of fused-ring (bicyclic) bond motifs is 1. The van der Waals surface area contributed by atoms with E-state index < -0.39 is 0 Å². The number of aromatic amines is 1. The summed E-state index contributed by atoms with van der Waals surface area (Å²) in [5.74, 6) is -0.0487. The number of carbonyl (C=O) groups excluding carboxylic acids is 1. The lowest BCUT2D eigenvalue weighted by molar-refractivity contribution is 0.0919. The van der Waals surface area contributed by atoms with Gasteiger partial charge in [-0.1, -0.05) is 48.0 Å². The van der Waals surface area contributed by atoms with Crippen LogP contribution in [-0.4, -0.2) is 41.0 Å². The Bertz CT molecular complexity index is 1020. The highest BCUT2D eigenvalue weighted by molar-refractivity contribution is 7.99. The molecule has 1 saturated heterocycles. The summed E-state index contributed by atoms with van der Waals surface area (Å²) in [6.07, 6.45) is 4.83. The average Bonchev–Trinajstić information content (AvgIpc) is 3.13. The third kappa shape index (κ3) is 5.28. The number of carbonyl (C=O) groups is 1. The van der Waals surface area contributed by atoms with Crippen molar-refractivity contribution in [2.45, 2.75) is 61.4 Å². The Kier molecular flexibility index (Phi) is 7.26. The molecule has 2 heterocycles. The first-order chi connectivity index (χ1) is 15.0. The second kappa shape index (κ2) is 10.1. The number of nitrogens with one attached hydrogen (secondary N) is 2. The molecule has 1 amide bonds. The van der Waals surface area contributed by atoms with Gasteiger partial charge in [0.15, 0.2) is 0 Å². The predicted octanol–water partition coefficient (Wildman–Crippen LogP) is 6.36. The minimum atomic E-state index is -0.0487. The van der Waals surface area contributed by atoms with Gasteiger partial charge in [0.2, 0.25) is 0 Å². The van der Waals surface area contributed by atoms with Crippen LogP contribution >= 0.6 is 23.4 Å². The van der Waals surface area contributed by atoms with Gasteiger partial charge in [-0.25, -0.2) is 0 Å². The largest absolute Gasteiger partial charge is 0.351 e. The monoisotopic (exact) mass is 455 g/mol. The van der Waals surface area contributed by atoms with Gasteiger partial charge < -0.3 is 10.3 Å². The van der Waals surface area contributed by atoms with Crippen LogP contribution in [0.4, 0.5) is 0 Å². The molecule has 0 unspecified atom stereocenters. The van der Waals surface area contributed by atoms with Gasteiger partial charge in [0.25, 0.3) is 5.91 Å². The van der Waals surface area contributed by atoms with E-state index in [2.05, 4.69) is 35.1 Å². The average molecular weight is 456 g/mol. The number of hydrogen-bond donors (Lipinski definition) is 2. The van der Waals surface area contributed by atoms with Crippen LogP contribution in [0, 0.1) is 0 Å².